The summed E-state index contributed by atoms with van der Waals surface area (Å²) >= 11 is 2.01. The third-order valence-corrected chi connectivity index (χ3v) is 5.82. The number of nitrogens with one attached hydrogen (secondary N) is 1. The van der Waals surface area contributed by atoms with Gasteiger partial charge in [-0.25, -0.2) is 0 Å². The van der Waals surface area contributed by atoms with E-state index in [4.69, 9.17) is 9.47 Å². The Morgan fingerprint density at radius 2 is 1.74 bits per heavy atom. The summed E-state index contributed by atoms with van der Waals surface area (Å²) in [6, 6.07) is 15.9. The van der Waals surface area contributed by atoms with Gasteiger partial charge in [-0.2, -0.15) is 11.8 Å². The van der Waals surface area contributed by atoms with Crippen molar-refractivity contribution >= 4 is 23.4 Å². The molecule has 2 aliphatic rings. The van der Waals surface area contributed by atoms with Gasteiger partial charge in [-0.1, -0.05) is 24.3 Å². The smallest absolute Gasteiger partial charge is 0.265 e. The van der Waals surface area contributed by atoms with Crippen LogP contribution >= 0.6 is 11.8 Å². The average Bonchev–Trinajstić information content (AvgIpc) is 2.72. The van der Waals surface area contributed by atoms with Crippen molar-refractivity contribution in [3.8, 4) is 11.5 Å². The van der Waals surface area contributed by atoms with Crippen molar-refractivity contribution < 1.29 is 14.3 Å². The number of rotatable bonds is 4. The number of carbonyl (C=O) groups excluding carboxylic acids is 1. The summed E-state index contributed by atoms with van der Waals surface area (Å²) in [5, 5.41) is 2.97. The summed E-state index contributed by atoms with van der Waals surface area (Å²) in [4.78, 5) is 15.0. The van der Waals surface area contributed by atoms with E-state index in [-0.39, 0.29) is 12.0 Å². The molecular formula is C21H24N2O3S. The zero-order valence-electron chi connectivity index (χ0n) is 15.4. The molecule has 1 saturated heterocycles. The maximum Gasteiger partial charge on any atom is 0.265 e. The Hall–Kier alpha value is -2.34. The second kappa shape index (κ2) is 8.13. The van der Waals surface area contributed by atoms with E-state index < -0.39 is 6.10 Å². The summed E-state index contributed by atoms with van der Waals surface area (Å²) in [5.41, 5.74) is 2.32. The van der Waals surface area contributed by atoms with Gasteiger partial charge in [0.15, 0.2) is 11.5 Å². The molecule has 6 heteroatoms. The SMILES string of the molecule is CC1Oc2ccccc2OC1C(=O)NCc1ccc(N2CCSCC2)cc1. The first kappa shape index (κ1) is 18.0. The van der Waals surface area contributed by atoms with Crippen LogP contribution in [0.1, 0.15) is 12.5 Å². The number of carbonyl (C=O) groups is 1. The van der Waals surface area contributed by atoms with E-state index >= 15 is 0 Å². The van der Waals surface area contributed by atoms with Gasteiger partial charge >= 0.3 is 0 Å². The van der Waals surface area contributed by atoms with Crippen LogP contribution in [0.25, 0.3) is 0 Å². The standard InChI is InChI=1S/C21H24N2O3S/c1-15-20(26-19-5-3-2-4-18(19)25-15)21(24)22-14-16-6-8-17(9-7-16)23-10-12-27-13-11-23/h2-9,15,20H,10-14H2,1H3,(H,22,24). The number of nitrogens with zero attached hydrogens (tertiary/aromatic N) is 1. The maximum absolute atomic E-state index is 12.6. The van der Waals surface area contributed by atoms with Crippen LogP contribution in [-0.4, -0.2) is 42.7 Å². The van der Waals surface area contributed by atoms with Gasteiger partial charge in [0, 0.05) is 36.8 Å². The van der Waals surface area contributed by atoms with Crippen LogP contribution in [0.15, 0.2) is 48.5 Å². The maximum atomic E-state index is 12.6. The number of amides is 1. The first-order chi connectivity index (χ1) is 13.2. The fourth-order valence-corrected chi connectivity index (χ4v) is 4.25. The minimum Gasteiger partial charge on any atom is -0.482 e. The zero-order valence-corrected chi connectivity index (χ0v) is 16.2. The van der Waals surface area contributed by atoms with Crippen molar-refractivity contribution in [3.05, 3.63) is 54.1 Å². The van der Waals surface area contributed by atoms with Gasteiger partial charge in [0.1, 0.15) is 6.10 Å². The van der Waals surface area contributed by atoms with E-state index in [0.29, 0.717) is 18.0 Å². The summed E-state index contributed by atoms with van der Waals surface area (Å²) in [5.74, 6) is 3.50. The first-order valence-corrected chi connectivity index (χ1v) is 10.5. The molecule has 2 aromatic carbocycles. The summed E-state index contributed by atoms with van der Waals surface area (Å²) < 4.78 is 11.7. The molecule has 0 saturated carbocycles. The molecule has 2 heterocycles. The van der Waals surface area contributed by atoms with Crippen LogP contribution in [0.4, 0.5) is 5.69 Å². The molecule has 1 fully saturated rings. The molecule has 0 spiro atoms. The van der Waals surface area contributed by atoms with Gasteiger partial charge in [0.2, 0.25) is 6.10 Å². The molecule has 2 aromatic rings. The predicted molar refractivity (Wildman–Crippen MR) is 109 cm³/mol. The lowest BCUT2D eigenvalue weighted by Crippen LogP contribution is -2.48. The zero-order chi connectivity index (χ0) is 18.6. The van der Waals surface area contributed by atoms with Gasteiger partial charge in [0.05, 0.1) is 0 Å². The van der Waals surface area contributed by atoms with Gasteiger partial charge in [-0.3, -0.25) is 4.79 Å². The van der Waals surface area contributed by atoms with Gasteiger partial charge in [-0.05, 0) is 36.8 Å². The van der Waals surface area contributed by atoms with Gasteiger partial charge < -0.3 is 19.7 Å². The monoisotopic (exact) mass is 384 g/mol. The fraction of sp³-hybridized carbons (Fsp3) is 0.381. The van der Waals surface area contributed by atoms with Crippen LogP contribution in [-0.2, 0) is 11.3 Å². The number of thioether (sulfide) groups is 1. The van der Waals surface area contributed by atoms with Gasteiger partial charge in [-0.15, -0.1) is 0 Å². The molecule has 2 unspecified atom stereocenters. The molecule has 142 valence electrons. The number of anilines is 1. The third kappa shape index (κ3) is 4.16. The minimum absolute atomic E-state index is 0.158. The molecule has 1 amide bonds. The molecule has 2 aliphatic heterocycles. The molecule has 1 N–H and O–H groups in total. The Balaban J connectivity index is 1.34. The first-order valence-electron chi connectivity index (χ1n) is 9.32. The quantitative estimate of drug-likeness (QED) is 0.878. The van der Waals surface area contributed by atoms with Crippen LogP contribution in [0.5, 0.6) is 11.5 Å². The van der Waals surface area contributed by atoms with E-state index in [0.717, 1.165) is 18.7 Å². The summed E-state index contributed by atoms with van der Waals surface area (Å²) in [7, 11) is 0. The Kier molecular flexibility index (Phi) is 5.43. The largest absolute Gasteiger partial charge is 0.482 e. The second-order valence-electron chi connectivity index (χ2n) is 6.79. The number of fused-ring (bicyclic) bond motifs is 1. The minimum atomic E-state index is -0.648. The average molecular weight is 385 g/mol. The number of benzene rings is 2. The third-order valence-electron chi connectivity index (χ3n) is 4.88. The van der Waals surface area contributed by atoms with Crippen LogP contribution < -0.4 is 19.7 Å². The molecule has 0 aliphatic carbocycles. The Morgan fingerprint density at radius 1 is 1.07 bits per heavy atom. The molecule has 0 aromatic heterocycles. The molecular weight excluding hydrogens is 360 g/mol. The molecule has 4 rings (SSSR count). The van der Waals surface area contributed by atoms with Crippen molar-refractivity contribution in [1.82, 2.24) is 5.32 Å². The lowest BCUT2D eigenvalue weighted by Gasteiger charge is -2.31. The van der Waals surface area contributed by atoms with Crippen molar-refractivity contribution in [2.75, 3.05) is 29.5 Å². The van der Waals surface area contributed by atoms with E-state index in [1.807, 2.05) is 43.0 Å². The predicted octanol–water partition coefficient (Wildman–Crippen LogP) is 3.08. The van der Waals surface area contributed by atoms with Crippen molar-refractivity contribution in [1.29, 1.82) is 0 Å². The van der Waals surface area contributed by atoms with Crippen LogP contribution in [0.2, 0.25) is 0 Å². The highest BCUT2D eigenvalue weighted by Crippen LogP contribution is 2.33. The highest BCUT2D eigenvalue weighted by Gasteiger charge is 2.33. The molecule has 0 radical (unpaired) electrons. The second-order valence-corrected chi connectivity index (χ2v) is 8.02. The number of hydrogen-bond donors (Lipinski definition) is 1. The van der Waals surface area contributed by atoms with Gasteiger partial charge in [0.25, 0.3) is 5.91 Å². The lowest BCUT2D eigenvalue weighted by molar-refractivity contribution is -0.133. The van der Waals surface area contributed by atoms with E-state index in [2.05, 4.69) is 34.5 Å². The van der Waals surface area contributed by atoms with E-state index in [9.17, 15) is 4.79 Å². The van der Waals surface area contributed by atoms with Crippen molar-refractivity contribution in [2.24, 2.45) is 0 Å². The van der Waals surface area contributed by atoms with E-state index in [1.54, 1.807) is 0 Å². The van der Waals surface area contributed by atoms with E-state index in [1.165, 1.54) is 17.2 Å². The highest BCUT2D eigenvalue weighted by atomic mass is 32.2. The molecule has 2 atom stereocenters. The summed E-state index contributed by atoms with van der Waals surface area (Å²) in [6.07, 6.45) is -0.982. The Morgan fingerprint density at radius 3 is 2.44 bits per heavy atom. The number of para-hydroxylation sites is 2. The van der Waals surface area contributed by atoms with Crippen molar-refractivity contribution in [2.45, 2.75) is 25.7 Å². The molecule has 0 bridgehead atoms. The molecule has 27 heavy (non-hydrogen) atoms. The van der Waals surface area contributed by atoms with Crippen LogP contribution in [0, 0.1) is 0 Å². The van der Waals surface area contributed by atoms with Crippen molar-refractivity contribution in [3.63, 3.8) is 0 Å². The normalized spacial score (nSPS) is 21.6. The topological polar surface area (TPSA) is 50.8 Å². The highest BCUT2D eigenvalue weighted by molar-refractivity contribution is 7.99. The Labute approximate surface area is 164 Å². The fourth-order valence-electron chi connectivity index (χ4n) is 3.34. The van der Waals surface area contributed by atoms with Crippen LogP contribution in [0.3, 0.4) is 0 Å². The lowest BCUT2D eigenvalue weighted by atomic mass is 10.1. The number of hydrogen-bond acceptors (Lipinski definition) is 5. The molecule has 5 nitrogen and oxygen atoms in total. The Bertz CT molecular complexity index is 790. The summed E-state index contributed by atoms with van der Waals surface area (Å²) in [6.45, 7) is 4.52. The number of ether oxygens (including phenoxy) is 2.